The molecule has 2 aliphatic heterocycles. The standard InChI is InChI=1S/C17H22F2N2O2/c1-11-3-4-12(15(19)14(11)18)9-21-8-5-13(22)17(10-21)6-2-7-20-16(17)23/h3-4,13,22H,2,5-10H2,1H3,(H,20,23)/t13-,17+/m0/s1. The average molecular weight is 324 g/mol. The maximum Gasteiger partial charge on any atom is 0.230 e. The highest BCUT2D eigenvalue weighted by Gasteiger charge is 2.49. The van der Waals surface area contributed by atoms with E-state index in [9.17, 15) is 18.7 Å². The number of likely N-dealkylation sites (tertiary alicyclic amines) is 1. The van der Waals surface area contributed by atoms with Crippen molar-refractivity contribution in [2.24, 2.45) is 5.41 Å². The van der Waals surface area contributed by atoms with E-state index in [0.29, 0.717) is 32.5 Å². The summed E-state index contributed by atoms with van der Waals surface area (Å²) in [5, 5.41) is 13.2. The number of halogens is 2. The molecule has 0 radical (unpaired) electrons. The number of piperidine rings is 2. The van der Waals surface area contributed by atoms with E-state index in [1.807, 2.05) is 4.90 Å². The summed E-state index contributed by atoms with van der Waals surface area (Å²) in [5.41, 5.74) is -0.254. The first-order valence-electron chi connectivity index (χ1n) is 8.06. The van der Waals surface area contributed by atoms with Crippen LogP contribution in [0.15, 0.2) is 12.1 Å². The molecule has 3 rings (SSSR count). The summed E-state index contributed by atoms with van der Waals surface area (Å²) in [5.74, 6) is -1.76. The van der Waals surface area contributed by atoms with Gasteiger partial charge >= 0.3 is 0 Å². The number of carbonyl (C=O) groups is 1. The predicted octanol–water partition coefficient (Wildman–Crippen LogP) is 1.74. The van der Waals surface area contributed by atoms with Gasteiger partial charge in [-0.15, -0.1) is 0 Å². The zero-order valence-electron chi connectivity index (χ0n) is 13.2. The fourth-order valence-electron chi connectivity index (χ4n) is 3.71. The third-order valence-corrected chi connectivity index (χ3v) is 5.15. The van der Waals surface area contributed by atoms with E-state index in [-0.39, 0.29) is 23.6 Å². The topological polar surface area (TPSA) is 52.6 Å². The molecule has 1 aromatic rings. The van der Waals surface area contributed by atoms with E-state index in [4.69, 9.17) is 0 Å². The zero-order chi connectivity index (χ0) is 16.6. The highest BCUT2D eigenvalue weighted by Crippen LogP contribution is 2.37. The van der Waals surface area contributed by atoms with E-state index in [1.165, 1.54) is 6.92 Å². The van der Waals surface area contributed by atoms with Crippen molar-refractivity contribution in [2.45, 2.75) is 38.8 Å². The summed E-state index contributed by atoms with van der Waals surface area (Å²) in [6, 6.07) is 3.15. The molecule has 23 heavy (non-hydrogen) atoms. The Hall–Kier alpha value is -1.53. The molecule has 2 saturated heterocycles. The Labute approximate surface area is 134 Å². The van der Waals surface area contributed by atoms with Crippen molar-refractivity contribution < 1.29 is 18.7 Å². The summed E-state index contributed by atoms with van der Waals surface area (Å²) in [6.45, 7) is 3.33. The van der Waals surface area contributed by atoms with Crippen molar-refractivity contribution in [3.8, 4) is 0 Å². The number of aliphatic hydroxyl groups is 1. The lowest BCUT2D eigenvalue weighted by atomic mass is 9.71. The number of aryl methyl sites for hydroxylation is 1. The summed E-state index contributed by atoms with van der Waals surface area (Å²) < 4.78 is 27.8. The molecule has 1 aromatic carbocycles. The number of aliphatic hydroxyl groups excluding tert-OH is 1. The smallest absolute Gasteiger partial charge is 0.230 e. The molecule has 1 spiro atoms. The summed E-state index contributed by atoms with van der Waals surface area (Å²) in [7, 11) is 0. The van der Waals surface area contributed by atoms with Crippen molar-refractivity contribution in [2.75, 3.05) is 19.6 Å². The molecule has 2 atom stereocenters. The zero-order valence-corrected chi connectivity index (χ0v) is 13.2. The molecule has 1 amide bonds. The van der Waals surface area contributed by atoms with Gasteiger partial charge in [0.05, 0.1) is 11.5 Å². The highest BCUT2D eigenvalue weighted by atomic mass is 19.2. The number of benzene rings is 1. The van der Waals surface area contributed by atoms with Crippen LogP contribution >= 0.6 is 0 Å². The Morgan fingerprint density at radius 3 is 2.91 bits per heavy atom. The molecule has 0 aliphatic carbocycles. The summed E-state index contributed by atoms with van der Waals surface area (Å²) in [6.07, 6.45) is 1.23. The van der Waals surface area contributed by atoms with Crippen LogP contribution in [-0.2, 0) is 11.3 Å². The molecular weight excluding hydrogens is 302 g/mol. The molecule has 126 valence electrons. The van der Waals surface area contributed by atoms with Crippen molar-refractivity contribution >= 4 is 5.91 Å². The number of carbonyl (C=O) groups excluding carboxylic acids is 1. The van der Waals surface area contributed by atoms with Gasteiger partial charge in [0.25, 0.3) is 0 Å². The van der Waals surface area contributed by atoms with E-state index >= 15 is 0 Å². The van der Waals surface area contributed by atoms with Gasteiger partial charge in [0.15, 0.2) is 11.6 Å². The third kappa shape index (κ3) is 2.85. The average Bonchev–Trinajstić information content (AvgIpc) is 2.54. The number of rotatable bonds is 2. The van der Waals surface area contributed by atoms with Gasteiger partial charge in [-0.25, -0.2) is 8.78 Å². The SMILES string of the molecule is Cc1ccc(CN2CC[C@H](O)[C@@]3(CCCNC3=O)C2)c(F)c1F. The van der Waals surface area contributed by atoms with Crippen molar-refractivity contribution in [1.82, 2.24) is 10.2 Å². The first kappa shape index (κ1) is 16.3. The van der Waals surface area contributed by atoms with Crippen LogP contribution in [0.1, 0.15) is 30.4 Å². The first-order valence-corrected chi connectivity index (χ1v) is 8.06. The Bertz CT molecular complexity index is 623. The largest absolute Gasteiger partial charge is 0.392 e. The van der Waals surface area contributed by atoms with Crippen LogP contribution in [0.25, 0.3) is 0 Å². The van der Waals surface area contributed by atoms with Crippen LogP contribution in [0.3, 0.4) is 0 Å². The number of hydrogen-bond acceptors (Lipinski definition) is 3. The third-order valence-electron chi connectivity index (χ3n) is 5.15. The molecule has 6 heteroatoms. The molecule has 2 N–H and O–H groups in total. The molecule has 0 aromatic heterocycles. The number of amides is 1. The van der Waals surface area contributed by atoms with Gasteiger partial charge in [0.2, 0.25) is 5.91 Å². The van der Waals surface area contributed by atoms with E-state index in [1.54, 1.807) is 12.1 Å². The normalized spacial score (nSPS) is 28.9. The first-order chi connectivity index (χ1) is 10.9. The van der Waals surface area contributed by atoms with E-state index in [2.05, 4.69) is 5.32 Å². The minimum absolute atomic E-state index is 0.128. The molecular formula is C17H22F2N2O2. The molecule has 4 nitrogen and oxygen atoms in total. The van der Waals surface area contributed by atoms with Crippen molar-refractivity contribution in [3.63, 3.8) is 0 Å². The molecule has 0 unspecified atom stereocenters. The van der Waals surface area contributed by atoms with E-state index in [0.717, 1.165) is 6.42 Å². The van der Waals surface area contributed by atoms with Crippen molar-refractivity contribution in [1.29, 1.82) is 0 Å². The van der Waals surface area contributed by atoms with Crippen LogP contribution in [0.2, 0.25) is 0 Å². The monoisotopic (exact) mass is 324 g/mol. The van der Waals surface area contributed by atoms with Gasteiger partial charge in [-0.05, 0) is 31.7 Å². The summed E-state index contributed by atoms with van der Waals surface area (Å²) >= 11 is 0. The van der Waals surface area contributed by atoms with Gasteiger partial charge in [-0.3, -0.25) is 9.69 Å². The Morgan fingerprint density at radius 2 is 2.17 bits per heavy atom. The van der Waals surface area contributed by atoms with Crippen LogP contribution in [0.5, 0.6) is 0 Å². The second-order valence-electron chi connectivity index (χ2n) is 6.70. The maximum atomic E-state index is 14.1. The van der Waals surface area contributed by atoms with Gasteiger partial charge in [-0.2, -0.15) is 0 Å². The Morgan fingerprint density at radius 1 is 1.39 bits per heavy atom. The number of nitrogens with one attached hydrogen (secondary N) is 1. The van der Waals surface area contributed by atoms with Crippen molar-refractivity contribution in [3.05, 3.63) is 34.9 Å². The molecule has 2 fully saturated rings. The molecule has 0 saturated carbocycles. The van der Waals surface area contributed by atoms with Gasteiger partial charge in [0.1, 0.15) is 0 Å². The van der Waals surface area contributed by atoms with Crippen LogP contribution in [-0.4, -0.2) is 41.7 Å². The van der Waals surface area contributed by atoms with Gasteiger partial charge in [0, 0.05) is 31.7 Å². The van der Waals surface area contributed by atoms with Crippen LogP contribution in [0, 0.1) is 24.0 Å². The summed E-state index contributed by atoms with van der Waals surface area (Å²) in [4.78, 5) is 14.2. The highest BCUT2D eigenvalue weighted by molar-refractivity contribution is 5.84. The lowest BCUT2D eigenvalue weighted by Crippen LogP contribution is -2.61. The molecule has 2 aliphatic rings. The minimum atomic E-state index is -0.823. The quantitative estimate of drug-likeness (QED) is 0.871. The predicted molar refractivity (Wildman–Crippen MR) is 81.7 cm³/mol. The minimum Gasteiger partial charge on any atom is -0.392 e. The van der Waals surface area contributed by atoms with E-state index < -0.39 is 23.2 Å². The van der Waals surface area contributed by atoms with Crippen LogP contribution in [0.4, 0.5) is 8.78 Å². The molecule has 0 bridgehead atoms. The second-order valence-corrected chi connectivity index (χ2v) is 6.70. The van der Waals surface area contributed by atoms with Gasteiger partial charge in [-0.1, -0.05) is 12.1 Å². The van der Waals surface area contributed by atoms with Crippen LogP contribution < -0.4 is 5.32 Å². The Kier molecular flexibility index (Phi) is 4.38. The number of nitrogens with zero attached hydrogens (tertiary/aromatic N) is 1. The maximum absolute atomic E-state index is 14.1. The fraction of sp³-hybridized carbons (Fsp3) is 0.588. The lowest BCUT2D eigenvalue weighted by molar-refractivity contribution is -0.149. The Balaban J connectivity index is 1.80. The number of hydrogen-bond donors (Lipinski definition) is 2. The van der Waals surface area contributed by atoms with Gasteiger partial charge < -0.3 is 10.4 Å². The lowest BCUT2D eigenvalue weighted by Gasteiger charge is -2.47. The molecule has 2 heterocycles. The fourth-order valence-corrected chi connectivity index (χ4v) is 3.71. The second kappa shape index (κ2) is 6.17.